The lowest BCUT2D eigenvalue weighted by molar-refractivity contribution is 0.0635. The Morgan fingerprint density at radius 2 is 1.88 bits per heavy atom. The average Bonchev–Trinajstić information content (AvgIpc) is 2.96. The third-order valence-corrected chi connectivity index (χ3v) is 3.45. The zero-order valence-electron chi connectivity index (χ0n) is 15.8. The third kappa shape index (κ3) is 5.58. The highest BCUT2D eigenvalue weighted by Crippen LogP contribution is 2.15. The maximum atomic E-state index is 12.7. The van der Waals surface area contributed by atoms with Crippen molar-refractivity contribution in [2.24, 2.45) is 7.05 Å². The maximum Gasteiger partial charge on any atom is 0.412 e. The molecule has 0 radical (unpaired) electrons. The maximum absolute atomic E-state index is 12.7. The molecule has 0 atom stereocenters. The molecule has 0 saturated carbocycles. The van der Waals surface area contributed by atoms with E-state index in [1.54, 1.807) is 67.9 Å². The summed E-state index contributed by atoms with van der Waals surface area (Å²) in [6.07, 6.45) is 1.25. The van der Waals surface area contributed by atoms with Crippen molar-refractivity contribution >= 4 is 17.7 Å². The molecule has 0 aliphatic rings. The number of rotatable bonds is 5. The van der Waals surface area contributed by atoms with Gasteiger partial charge in [-0.25, -0.2) is 4.79 Å². The second-order valence-electron chi connectivity index (χ2n) is 6.91. The quantitative estimate of drug-likeness (QED) is 0.887. The van der Waals surface area contributed by atoms with Crippen LogP contribution in [-0.2, 0) is 18.3 Å². The largest absolute Gasteiger partial charge is 0.444 e. The summed E-state index contributed by atoms with van der Waals surface area (Å²) in [5, 5.41) is 10.5. The van der Waals surface area contributed by atoms with E-state index >= 15 is 0 Å². The molecule has 8 nitrogen and oxygen atoms in total. The van der Waals surface area contributed by atoms with Crippen molar-refractivity contribution in [3.63, 3.8) is 0 Å². The highest BCUT2D eigenvalue weighted by atomic mass is 16.6. The minimum Gasteiger partial charge on any atom is -0.444 e. The molecule has 1 N–H and O–H groups in total. The third-order valence-electron chi connectivity index (χ3n) is 3.45. The minimum atomic E-state index is -0.568. The van der Waals surface area contributed by atoms with Crippen LogP contribution < -0.4 is 5.32 Å². The number of aryl methyl sites for hydroxylation is 1. The molecule has 0 unspecified atom stereocenters. The number of ether oxygens (including phenoxy) is 1. The molecule has 1 aromatic heterocycles. The van der Waals surface area contributed by atoms with Gasteiger partial charge in [0, 0.05) is 31.0 Å². The number of carbonyl (C=O) groups excluding carboxylic acids is 2. The minimum absolute atomic E-state index is 0.109. The number of aromatic nitrogens is 3. The van der Waals surface area contributed by atoms with Crippen LogP contribution >= 0.6 is 0 Å². The van der Waals surface area contributed by atoms with Crippen molar-refractivity contribution in [1.82, 2.24) is 19.9 Å². The number of anilines is 1. The van der Waals surface area contributed by atoms with Gasteiger partial charge in [0.25, 0.3) is 5.91 Å². The Labute approximate surface area is 153 Å². The Balaban J connectivity index is 2.01. The molecule has 0 aliphatic carbocycles. The van der Waals surface area contributed by atoms with Gasteiger partial charge < -0.3 is 9.64 Å². The summed E-state index contributed by atoms with van der Waals surface area (Å²) >= 11 is 0. The SMILES string of the molecule is CCN(Cc1cn(C)nn1)C(=O)c1ccc(NC(=O)OC(C)(C)C)cc1. The second kappa shape index (κ2) is 7.99. The summed E-state index contributed by atoms with van der Waals surface area (Å²) in [4.78, 5) is 26.1. The van der Waals surface area contributed by atoms with E-state index in [0.29, 0.717) is 24.3 Å². The first-order valence-electron chi connectivity index (χ1n) is 8.42. The van der Waals surface area contributed by atoms with Gasteiger partial charge in [0.2, 0.25) is 0 Å². The summed E-state index contributed by atoms with van der Waals surface area (Å²) in [6.45, 7) is 8.24. The van der Waals surface area contributed by atoms with Crippen LogP contribution in [0.1, 0.15) is 43.7 Å². The molecule has 1 aromatic carbocycles. The Bertz CT molecular complexity index is 762. The Kier molecular flexibility index (Phi) is 5.97. The van der Waals surface area contributed by atoms with Gasteiger partial charge in [0.05, 0.1) is 6.54 Å². The summed E-state index contributed by atoms with van der Waals surface area (Å²) < 4.78 is 6.81. The molecule has 1 heterocycles. The standard InChI is InChI=1S/C18H25N5O3/c1-6-23(12-15-11-22(5)21-20-15)16(24)13-7-9-14(10-8-13)19-17(25)26-18(2,3)4/h7-11H,6,12H2,1-5H3,(H,19,25). The predicted octanol–water partition coefficient (Wildman–Crippen LogP) is 2.82. The van der Waals surface area contributed by atoms with Crippen LogP contribution in [0.25, 0.3) is 0 Å². The molecule has 0 spiro atoms. The number of carbonyl (C=O) groups is 2. The first-order chi connectivity index (χ1) is 12.2. The van der Waals surface area contributed by atoms with E-state index in [9.17, 15) is 9.59 Å². The molecule has 2 amide bonds. The van der Waals surface area contributed by atoms with Crippen molar-refractivity contribution in [3.8, 4) is 0 Å². The average molecular weight is 359 g/mol. The first kappa shape index (κ1) is 19.4. The van der Waals surface area contributed by atoms with Gasteiger partial charge in [-0.15, -0.1) is 5.10 Å². The lowest BCUT2D eigenvalue weighted by Gasteiger charge is -2.20. The van der Waals surface area contributed by atoms with Crippen molar-refractivity contribution in [2.45, 2.75) is 39.8 Å². The molecular formula is C18H25N5O3. The second-order valence-corrected chi connectivity index (χ2v) is 6.91. The normalized spacial score (nSPS) is 11.1. The van der Waals surface area contributed by atoms with Crippen molar-refractivity contribution in [1.29, 1.82) is 0 Å². The Morgan fingerprint density at radius 1 is 1.23 bits per heavy atom. The van der Waals surface area contributed by atoms with Crippen molar-refractivity contribution in [3.05, 3.63) is 41.7 Å². The summed E-state index contributed by atoms with van der Waals surface area (Å²) in [7, 11) is 1.78. The highest BCUT2D eigenvalue weighted by molar-refractivity contribution is 5.95. The lowest BCUT2D eigenvalue weighted by Crippen LogP contribution is -2.30. The highest BCUT2D eigenvalue weighted by Gasteiger charge is 2.18. The fourth-order valence-corrected chi connectivity index (χ4v) is 2.29. The molecule has 0 saturated heterocycles. The van der Waals surface area contributed by atoms with Crippen LogP contribution in [-0.4, -0.2) is 44.0 Å². The van der Waals surface area contributed by atoms with Gasteiger partial charge in [-0.2, -0.15) is 0 Å². The van der Waals surface area contributed by atoms with E-state index in [4.69, 9.17) is 4.74 Å². The van der Waals surface area contributed by atoms with E-state index in [1.165, 1.54) is 0 Å². The van der Waals surface area contributed by atoms with Crippen LogP contribution in [0.15, 0.2) is 30.5 Å². The van der Waals surface area contributed by atoms with Gasteiger partial charge in [-0.3, -0.25) is 14.8 Å². The predicted molar refractivity (Wildman–Crippen MR) is 97.7 cm³/mol. The van der Waals surface area contributed by atoms with Gasteiger partial charge in [-0.05, 0) is 52.0 Å². The molecule has 2 aromatic rings. The zero-order chi connectivity index (χ0) is 19.3. The summed E-state index contributed by atoms with van der Waals surface area (Å²) in [5.41, 5.74) is 1.26. The van der Waals surface area contributed by atoms with E-state index in [0.717, 1.165) is 5.69 Å². The molecular weight excluding hydrogens is 334 g/mol. The fraction of sp³-hybridized carbons (Fsp3) is 0.444. The van der Waals surface area contributed by atoms with E-state index in [2.05, 4.69) is 15.6 Å². The van der Waals surface area contributed by atoms with Crippen LogP contribution in [0.3, 0.4) is 0 Å². The van der Waals surface area contributed by atoms with Gasteiger partial charge >= 0.3 is 6.09 Å². The molecule has 140 valence electrons. The van der Waals surface area contributed by atoms with Crippen LogP contribution in [0.2, 0.25) is 0 Å². The summed E-state index contributed by atoms with van der Waals surface area (Å²) in [5.74, 6) is -0.109. The van der Waals surface area contributed by atoms with Crippen molar-refractivity contribution in [2.75, 3.05) is 11.9 Å². The number of benzene rings is 1. The van der Waals surface area contributed by atoms with Crippen LogP contribution in [0.4, 0.5) is 10.5 Å². The van der Waals surface area contributed by atoms with Gasteiger partial charge in [-0.1, -0.05) is 5.21 Å². The molecule has 0 aliphatic heterocycles. The van der Waals surface area contributed by atoms with Crippen molar-refractivity contribution < 1.29 is 14.3 Å². The summed E-state index contributed by atoms with van der Waals surface area (Å²) in [6, 6.07) is 6.70. The number of hydrogen-bond acceptors (Lipinski definition) is 5. The van der Waals surface area contributed by atoms with Gasteiger partial charge in [0.15, 0.2) is 0 Å². The molecule has 26 heavy (non-hydrogen) atoms. The van der Waals surface area contributed by atoms with Gasteiger partial charge in [0.1, 0.15) is 11.3 Å². The van der Waals surface area contributed by atoms with E-state index in [1.807, 2.05) is 6.92 Å². The lowest BCUT2D eigenvalue weighted by atomic mass is 10.1. The molecule has 0 bridgehead atoms. The van der Waals surface area contributed by atoms with E-state index in [-0.39, 0.29) is 5.91 Å². The first-order valence-corrected chi connectivity index (χ1v) is 8.42. The number of amides is 2. The Hall–Kier alpha value is -2.90. The number of nitrogens with zero attached hydrogens (tertiary/aromatic N) is 4. The molecule has 0 fully saturated rings. The zero-order valence-corrected chi connectivity index (χ0v) is 15.8. The van der Waals surface area contributed by atoms with Crippen LogP contribution in [0, 0.1) is 0 Å². The Morgan fingerprint density at radius 3 is 2.38 bits per heavy atom. The number of hydrogen-bond donors (Lipinski definition) is 1. The van der Waals surface area contributed by atoms with E-state index < -0.39 is 11.7 Å². The monoisotopic (exact) mass is 359 g/mol. The fourth-order valence-electron chi connectivity index (χ4n) is 2.29. The molecule has 8 heteroatoms. The van der Waals surface area contributed by atoms with Crippen LogP contribution in [0.5, 0.6) is 0 Å². The number of nitrogens with one attached hydrogen (secondary N) is 1. The molecule has 2 rings (SSSR count). The topological polar surface area (TPSA) is 89.4 Å². The smallest absolute Gasteiger partial charge is 0.412 e.